The van der Waals surface area contributed by atoms with E-state index in [0.29, 0.717) is 0 Å². The van der Waals surface area contributed by atoms with Crippen molar-refractivity contribution in [2.24, 2.45) is 0 Å². The van der Waals surface area contributed by atoms with Crippen LogP contribution in [0.1, 0.15) is 5.56 Å². The topological polar surface area (TPSA) is 70.8 Å². The van der Waals surface area contributed by atoms with Crippen LogP contribution in [0.4, 0.5) is 4.39 Å². The average molecular weight is 381 g/mol. The van der Waals surface area contributed by atoms with Crippen LogP contribution in [-0.4, -0.2) is 13.4 Å². The lowest BCUT2D eigenvalue weighted by Crippen LogP contribution is -2.04. The highest BCUT2D eigenvalue weighted by Gasteiger charge is 2.24. The lowest BCUT2D eigenvalue weighted by Gasteiger charge is -2.09. The number of fused-ring (bicyclic) bond motifs is 1. The quantitative estimate of drug-likeness (QED) is 0.660. The van der Waals surface area contributed by atoms with Crippen molar-refractivity contribution in [3.05, 3.63) is 64.0 Å². The van der Waals surface area contributed by atoms with E-state index in [1.165, 1.54) is 30.3 Å². The molecule has 0 aliphatic carbocycles. The molecule has 24 heavy (non-hydrogen) atoms. The number of sulfone groups is 1. The highest BCUT2D eigenvalue weighted by molar-refractivity contribution is 7.91. The molecule has 0 fully saturated rings. The van der Waals surface area contributed by atoms with E-state index < -0.39 is 15.7 Å². The molecule has 1 aromatic heterocycles. The molecule has 0 amide bonds. The molecule has 0 bridgehead atoms. The van der Waals surface area contributed by atoms with Gasteiger partial charge in [0.05, 0.1) is 32.1 Å². The number of aromatic nitrogens is 1. The summed E-state index contributed by atoms with van der Waals surface area (Å²) >= 11 is 11.9. The lowest BCUT2D eigenvalue weighted by molar-refractivity contribution is 0.596. The van der Waals surface area contributed by atoms with Crippen molar-refractivity contribution >= 4 is 43.9 Å². The third-order valence-electron chi connectivity index (χ3n) is 3.38. The van der Waals surface area contributed by atoms with Crippen LogP contribution in [0, 0.1) is 17.1 Å². The summed E-state index contributed by atoms with van der Waals surface area (Å²) in [5.41, 5.74) is 0.467. The Morgan fingerprint density at radius 1 is 1.17 bits per heavy atom. The predicted octanol–water partition coefficient (Wildman–Crippen LogP) is 4.39. The fraction of sp³-hybridized carbons (Fsp3) is 0. The minimum atomic E-state index is -4.02. The molecular formula is C16H7Cl2FN2O2S. The molecule has 3 aromatic rings. The van der Waals surface area contributed by atoms with E-state index in [-0.39, 0.29) is 36.3 Å². The Kier molecular flexibility index (Phi) is 4.18. The van der Waals surface area contributed by atoms with Gasteiger partial charge in [-0.3, -0.25) is 4.98 Å². The van der Waals surface area contributed by atoms with Gasteiger partial charge in [-0.1, -0.05) is 29.3 Å². The Hall–Kier alpha value is -2.20. The van der Waals surface area contributed by atoms with Gasteiger partial charge in [0.25, 0.3) is 0 Å². The first-order valence-corrected chi connectivity index (χ1v) is 8.77. The molecule has 1 heterocycles. The molecule has 4 nitrogen and oxygen atoms in total. The van der Waals surface area contributed by atoms with Crippen molar-refractivity contribution in [3.63, 3.8) is 0 Å². The van der Waals surface area contributed by atoms with E-state index in [2.05, 4.69) is 4.98 Å². The Morgan fingerprint density at radius 3 is 2.62 bits per heavy atom. The Labute approximate surface area is 147 Å². The number of benzene rings is 2. The van der Waals surface area contributed by atoms with Crippen LogP contribution in [0.5, 0.6) is 0 Å². The third kappa shape index (κ3) is 2.71. The van der Waals surface area contributed by atoms with Crippen molar-refractivity contribution in [1.29, 1.82) is 5.26 Å². The first kappa shape index (κ1) is 16.7. The largest absolute Gasteiger partial charge is 0.255 e. The van der Waals surface area contributed by atoms with Crippen LogP contribution < -0.4 is 0 Å². The van der Waals surface area contributed by atoms with Gasteiger partial charge in [0, 0.05) is 11.6 Å². The fourth-order valence-electron chi connectivity index (χ4n) is 2.18. The molecule has 0 unspecified atom stereocenters. The number of pyridine rings is 1. The van der Waals surface area contributed by atoms with Crippen molar-refractivity contribution < 1.29 is 12.8 Å². The lowest BCUT2D eigenvalue weighted by atomic mass is 10.2. The summed E-state index contributed by atoms with van der Waals surface area (Å²) in [5, 5.41) is 8.76. The molecule has 0 saturated heterocycles. The first-order chi connectivity index (χ1) is 11.3. The number of hydrogen-bond donors (Lipinski definition) is 0. The van der Waals surface area contributed by atoms with Crippen molar-refractivity contribution in [1.82, 2.24) is 4.98 Å². The zero-order valence-electron chi connectivity index (χ0n) is 11.8. The van der Waals surface area contributed by atoms with Crippen LogP contribution >= 0.6 is 23.2 Å². The molecule has 0 N–H and O–H groups in total. The van der Waals surface area contributed by atoms with Gasteiger partial charge in [-0.2, -0.15) is 5.26 Å². The number of rotatable bonds is 2. The monoisotopic (exact) mass is 380 g/mol. The highest BCUT2D eigenvalue weighted by atomic mass is 35.5. The maximum absolute atomic E-state index is 13.7. The smallest absolute Gasteiger partial charge is 0.209 e. The summed E-state index contributed by atoms with van der Waals surface area (Å²) in [6.45, 7) is 0. The summed E-state index contributed by atoms with van der Waals surface area (Å²) in [6.07, 6.45) is 1.09. The van der Waals surface area contributed by atoms with Crippen molar-refractivity contribution in [3.8, 4) is 6.07 Å². The van der Waals surface area contributed by atoms with Crippen LogP contribution in [0.3, 0.4) is 0 Å². The predicted molar refractivity (Wildman–Crippen MR) is 88.3 cm³/mol. The minimum Gasteiger partial charge on any atom is -0.255 e. The maximum Gasteiger partial charge on any atom is 0.209 e. The average Bonchev–Trinajstić information content (AvgIpc) is 2.57. The van der Waals surface area contributed by atoms with E-state index in [1.54, 1.807) is 0 Å². The molecule has 3 rings (SSSR count). The third-order valence-corrected chi connectivity index (χ3v) is 5.95. The Morgan fingerprint density at radius 2 is 1.92 bits per heavy atom. The summed E-state index contributed by atoms with van der Waals surface area (Å²) < 4.78 is 39.2. The Balaban J connectivity index is 2.27. The number of nitrogens with zero attached hydrogens (tertiary/aromatic N) is 2. The first-order valence-electron chi connectivity index (χ1n) is 6.53. The second-order valence-corrected chi connectivity index (χ2v) is 7.57. The summed E-state index contributed by atoms with van der Waals surface area (Å²) in [4.78, 5) is 3.63. The zero-order valence-corrected chi connectivity index (χ0v) is 14.1. The second-order valence-electron chi connectivity index (χ2n) is 4.86. The molecule has 2 aromatic carbocycles. The van der Waals surface area contributed by atoms with E-state index in [1.807, 2.05) is 6.07 Å². The molecule has 0 aliphatic heterocycles. The normalized spacial score (nSPS) is 11.4. The van der Waals surface area contributed by atoms with Gasteiger partial charge in [-0.25, -0.2) is 12.8 Å². The van der Waals surface area contributed by atoms with Crippen LogP contribution in [0.2, 0.25) is 10.0 Å². The van der Waals surface area contributed by atoms with Gasteiger partial charge in [0.1, 0.15) is 10.7 Å². The highest BCUT2D eigenvalue weighted by Crippen LogP contribution is 2.34. The number of halogens is 3. The van der Waals surface area contributed by atoms with Crippen LogP contribution in [-0.2, 0) is 9.84 Å². The molecule has 0 radical (unpaired) electrons. The molecule has 120 valence electrons. The molecule has 8 heteroatoms. The molecule has 0 atom stereocenters. The second kappa shape index (κ2) is 6.02. The van der Waals surface area contributed by atoms with Gasteiger partial charge < -0.3 is 0 Å². The summed E-state index contributed by atoms with van der Waals surface area (Å²) in [6, 6.07) is 9.69. The van der Waals surface area contributed by atoms with Gasteiger partial charge in [0.2, 0.25) is 9.84 Å². The van der Waals surface area contributed by atoms with Crippen molar-refractivity contribution in [2.75, 3.05) is 0 Å². The number of hydrogen-bond acceptors (Lipinski definition) is 4. The zero-order chi connectivity index (χ0) is 17.5. The molecular weight excluding hydrogens is 374 g/mol. The molecule has 0 aliphatic rings. The van der Waals surface area contributed by atoms with Crippen LogP contribution in [0.15, 0.2) is 52.4 Å². The van der Waals surface area contributed by atoms with E-state index >= 15 is 0 Å². The Bertz CT molecular complexity index is 1120. The SMILES string of the molecule is N#Cc1cccc(S(=O)(=O)c2cnc3cc(Cl)c(F)cc3c2Cl)c1. The van der Waals surface area contributed by atoms with E-state index in [0.717, 1.165) is 12.3 Å². The molecule has 0 spiro atoms. The fourth-order valence-corrected chi connectivity index (χ4v) is 4.18. The van der Waals surface area contributed by atoms with Gasteiger partial charge in [0.15, 0.2) is 0 Å². The standard InChI is InChI=1S/C16H7Cl2FN2O2S/c17-12-6-14-11(5-13(12)19)16(18)15(8-21-14)24(22,23)10-3-1-2-9(4-10)7-20/h1-6,8H. The van der Waals surface area contributed by atoms with Crippen LogP contribution in [0.25, 0.3) is 10.9 Å². The maximum atomic E-state index is 13.7. The van der Waals surface area contributed by atoms with E-state index in [4.69, 9.17) is 28.5 Å². The van der Waals surface area contributed by atoms with E-state index in [9.17, 15) is 12.8 Å². The summed E-state index contributed by atoms with van der Waals surface area (Å²) in [7, 11) is -4.02. The minimum absolute atomic E-state index is 0.0981. The van der Waals surface area contributed by atoms with Gasteiger partial charge in [-0.15, -0.1) is 0 Å². The van der Waals surface area contributed by atoms with Crippen molar-refractivity contribution in [2.45, 2.75) is 9.79 Å². The summed E-state index contributed by atoms with van der Waals surface area (Å²) in [5.74, 6) is -0.728. The number of nitriles is 1. The van der Waals surface area contributed by atoms with Gasteiger partial charge >= 0.3 is 0 Å². The molecule has 0 saturated carbocycles. The van der Waals surface area contributed by atoms with Gasteiger partial charge in [-0.05, 0) is 30.3 Å².